The molecule has 4 aromatic heterocycles. The Bertz CT molecular complexity index is 3560. The second-order valence-electron chi connectivity index (χ2n) is 16.2. The van der Waals surface area contributed by atoms with E-state index in [1.54, 1.807) is 0 Å². The molecule has 0 spiro atoms. The molecular weight excluding hydrogens is 717 g/mol. The zero-order chi connectivity index (χ0) is 39.4. The molecule has 4 heterocycles. The number of rotatable bonds is 5. The van der Waals surface area contributed by atoms with Crippen LogP contribution in [0.5, 0.6) is 0 Å². The first-order valence-electron chi connectivity index (χ1n) is 20.4. The molecule has 4 nitrogen and oxygen atoms in total. The number of aryl methyl sites for hydroxylation is 3. The van der Waals surface area contributed by atoms with Crippen molar-refractivity contribution in [3.63, 3.8) is 0 Å². The summed E-state index contributed by atoms with van der Waals surface area (Å²) in [4.78, 5) is 3.56. The van der Waals surface area contributed by atoms with Crippen LogP contribution in [0.2, 0.25) is 0 Å². The Labute approximate surface area is 341 Å². The highest BCUT2D eigenvalue weighted by Gasteiger charge is 2.20. The molecule has 0 bridgehead atoms. The topological polar surface area (TPSA) is 30.6 Å². The minimum absolute atomic E-state index is 1.10. The van der Waals surface area contributed by atoms with Gasteiger partial charge < -0.3 is 14.1 Å². The number of nitrogens with zero attached hydrogens (tertiary/aromatic N) is 3. The van der Waals surface area contributed by atoms with Gasteiger partial charge in [0.1, 0.15) is 5.65 Å². The Balaban J connectivity index is 1.01. The van der Waals surface area contributed by atoms with Gasteiger partial charge in [-0.25, -0.2) is 0 Å². The Morgan fingerprint density at radius 2 is 0.864 bits per heavy atom. The smallest absolute Gasteiger partial charge is 0.123 e. The molecule has 4 heteroatoms. The molecule has 0 fully saturated rings. The van der Waals surface area contributed by atoms with Crippen LogP contribution in [0.1, 0.15) is 16.7 Å². The predicted octanol–water partition coefficient (Wildman–Crippen LogP) is 14.6. The maximum absolute atomic E-state index is 3.56. The number of nitrogens with one attached hydrogen (secondary N) is 1. The summed E-state index contributed by atoms with van der Waals surface area (Å²) in [5, 5.41) is 7.49. The van der Waals surface area contributed by atoms with E-state index < -0.39 is 0 Å². The summed E-state index contributed by atoms with van der Waals surface area (Å²) in [6.45, 7) is 6.49. The van der Waals surface area contributed by atoms with Crippen LogP contribution >= 0.6 is 0 Å². The van der Waals surface area contributed by atoms with Gasteiger partial charge in [0.2, 0.25) is 0 Å². The molecule has 0 radical (unpaired) electrons. The summed E-state index contributed by atoms with van der Waals surface area (Å²) in [7, 11) is 0. The first-order chi connectivity index (χ1) is 29.0. The second kappa shape index (κ2) is 12.7. The summed E-state index contributed by atoms with van der Waals surface area (Å²) in [5.41, 5.74) is 19.2. The van der Waals surface area contributed by atoms with Crippen molar-refractivity contribution in [2.24, 2.45) is 0 Å². The average Bonchev–Trinajstić information content (AvgIpc) is 4.03. The maximum atomic E-state index is 3.56. The summed E-state index contributed by atoms with van der Waals surface area (Å²) in [6.07, 6.45) is 2.05. The fourth-order valence-electron chi connectivity index (χ4n) is 9.62. The highest BCUT2D eigenvalue weighted by atomic mass is 15.0. The molecule has 0 saturated carbocycles. The summed E-state index contributed by atoms with van der Waals surface area (Å²) in [6, 6.07) is 65.2. The van der Waals surface area contributed by atoms with Gasteiger partial charge in [-0.2, -0.15) is 0 Å². The van der Waals surface area contributed by atoms with E-state index in [4.69, 9.17) is 0 Å². The SMILES string of the molecule is Cc1ccc(-c2ccc(-n3c4ccc(-c5ccccc5-n5c6ccccc6c6cc(-n7c8ccc(C)cc8c8cc(C)ccc87)ccc65)cc4c4cc[nH]c43)cc2)cc1. The number of hydrogen-bond acceptors (Lipinski definition) is 0. The number of aromatic nitrogens is 4. The Morgan fingerprint density at radius 3 is 1.63 bits per heavy atom. The minimum Gasteiger partial charge on any atom is -0.347 e. The third kappa shape index (κ3) is 5.09. The van der Waals surface area contributed by atoms with Gasteiger partial charge in [0, 0.05) is 55.5 Å². The van der Waals surface area contributed by atoms with Crippen LogP contribution in [0.25, 0.3) is 105 Å². The molecule has 8 aromatic carbocycles. The van der Waals surface area contributed by atoms with E-state index in [0.717, 1.165) is 22.7 Å². The Kier molecular flexibility index (Phi) is 7.24. The monoisotopic (exact) mass is 756 g/mol. The van der Waals surface area contributed by atoms with Gasteiger partial charge >= 0.3 is 0 Å². The Morgan fingerprint density at radius 1 is 0.339 bits per heavy atom. The summed E-state index contributed by atoms with van der Waals surface area (Å²) >= 11 is 0. The first kappa shape index (κ1) is 33.6. The molecule has 1 N–H and O–H groups in total. The molecule has 59 heavy (non-hydrogen) atoms. The molecule has 12 aromatic rings. The zero-order valence-corrected chi connectivity index (χ0v) is 33.2. The van der Waals surface area contributed by atoms with Crippen LogP contribution in [0, 0.1) is 20.8 Å². The van der Waals surface area contributed by atoms with E-state index in [9.17, 15) is 0 Å². The molecule has 0 unspecified atom stereocenters. The second-order valence-corrected chi connectivity index (χ2v) is 16.2. The number of H-pyrrole nitrogens is 1. The predicted molar refractivity (Wildman–Crippen MR) is 249 cm³/mol. The van der Waals surface area contributed by atoms with E-state index in [1.807, 2.05) is 0 Å². The van der Waals surface area contributed by atoms with Crippen molar-refractivity contribution in [3.8, 4) is 39.3 Å². The van der Waals surface area contributed by atoms with E-state index >= 15 is 0 Å². The van der Waals surface area contributed by atoms with E-state index in [-0.39, 0.29) is 0 Å². The van der Waals surface area contributed by atoms with Crippen LogP contribution in [-0.2, 0) is 0 Å². The fourth-order valence-corrected chi connectivity index (χ4v) is 9.62. The number of para-hydroxylation sites is 2. The number of benzene rings is 8. The largest absolute Gasteiger partial charge is 0.347 e. The maximum Gasteiger partial charge on any atom is 0.123 e. The van der Waals surface area contributed by atoms with Gasteiger partial charge in [0.05, 0.1) is 33.3 Å². The minimum atomic E-state index is 1.10. The van der Waals surface area contributed by atoms with Crippen molar-refractivity contribution in [2.45, 2.75) is 20.8 Å². The molecule has 0 amide bonds. The van der Waals surface area contributed by atoms with Crippen LogP contribution in [0.15, 0.2) is 182 Å². The van der Waals surface area contributed by atoms with Crippen molar-refractivity contribution >= 4 is 65.5 Å². The number of fused-ring (bicyclic) bond motifs is 9. The lowest BCUT2D eigenvalue weighted by molar-refractivity contribution is 1.14. The van der Waals surface area contributed by atoms with Gasteiger partial charge in [-0.3, -0.25) is 4.57 Å². The van der Waals surface area contributed by atoms with Crippen molar-refractivity contribution in [3.05, 3.63) is 199 Å². The normalized spacial score (nSPS) is 12.0. The van der Waals surface area contributed by atoms with Crippen molar-refractivity contribution in [2.75, 3.05) is 0 Å². The lowest BCUT2D eigenvalue weighted by Crippen LogP contribution is -1.98. The van der Waals surface area contributed by atoms with Gasteiger partial charge in [-0.15, -0.1) is 0 Å². The van der Waals surface area contributed by atoms with Crippen LogP contribution in [0.4, 0.5) is 0 Å². The van der Waals surface area contributed by atoms with Crippen molar-refractivity contribution < 1.29 is 0 Å². The molecule has 0 saturated heterocycles. The van der Waals surface area contributed by atoms with Crippen molar-refractivity contribution in [1.82, 2.24) is 18.7 Å². The summed E-state index contributed by atoms with van der Waals surface area (Å²) < 4.78 is 7.24. The molecule has 0 atom stereocenters. The molecule has 12 rings (SSSR count). The third-order valence-corrected chi connectivity index (χ3v) is 12.4. The number of hydrogen-bond donors (Lipinski definition) is 1. The molecule has 0 aliphatic rings. The highest BCUT2D eigenvalue weighted by Crippen LogP contribution is 2.41. The number of aromatic amines is 1. The van der Waals surface area contributed by atoms with Crippen LogP contribution in [0.3, 0.4) is 0 Å². The van der Waals surface area contributed by atoms with Gasteiger partial charge in [-0.05, 0) is 122 Å². The highest BCUT2D eigenvalue weighted by molar-refractivity contribution is 6.13. The van der Waals surface area contributed by atoms with Crippen LogP contribution in [-0.4, -0.2) is 18.7 Å². The summed E-state index contributed by atoms with van der Waals surface area (Å²) in [5.74, 6) is 0. The van der Waals surface area contributed by atoms with E-state index in [2.05, 4.69) is 222 Å². The molecule has 0 aliphatic carbocycles. The lowest BCUT2D eigenvalue weighted by Gasteiger charge is -2.15. The quantitative estimate of drug-likeness (QED) is 0.181. The average molecular weight is 757 g/mol. The lowest BCUT2D eigenvalue weighted by atomic mass is 10.0. The van der Waals surface area contributed by atoms with Crippen molar-refractivity contribution in [1.29, 1.82) is 0 Å². The van der Waals surface area contributed by atoms with Gasteiger partial charge in [-0.1, -0.05) is 108 Å². The van der Waals surface area contributed by atoms with E-state index in [0.29, 0.717) is 0 Å². The Hall–Kier alpha value is -7.56. The van der Waals surface area contributed by atoms with Gasteiger partial charge in [0.15, 0.2) is 0 Å². The zero-order valence-electron chi connectivity index (χ0n) is 33.2. The standard InChI is InChI=1S/C55H40N4/c1-34-12-16-37(17-13-34)38-18-21-40(22-19-38)58-53-26-20-39(32-47(53)44-28-29-56-55(44)58)42-8-4-6-10-49(42)59-50-11-7-5-9-43(50)48-33-41(23-27-54(48)59)57-51-24-14-35(2)30-45(51)46-31-36(3)15-25-52(46)57/h4-33,56H,1-3H3. The molecule has 0 aliphatic heterocycles. The van der Waals surface area contributed by atoms with Crippen LogP contribution < -0.4 is 0 Å². The van der Waals surface area contributed by atoms with Gasteiger partial charge in [0.25, 0.3) is 0 Å². The molecular formula is C55H40N4. The van der Waals surface area contributed by atoms with E-state index in [1.165, 1.54) is 98.8 Å². The third-order valence-electron chi connectivity index (χ3n) is 12.4. The molecule has 280 valence electrons. The fraction of sp³-hybridized carbons (Fsp3) is 0.0545. The first-order valence-corrected chi connectivity index (χ1v) is 20.4.